The summed E-state index contributed by atoms with van der Waals surface area (Å²) in [6, 6.07) is 10.1. The highest BCUT2D eigenvalue weighted by atomic mass is 19.1. The van der Waals surface area contributed by atoms with Crippen molar-refractivity contribution in [2.75, 3.05) is 12.3 Å². The topological polar surface area (TPSA) is 44.5 Å². The number of nitrogen functional groups attached to an aromatic ring is 1. The molecular weight excluding hydrogens is 245 g/mol. The van der Waals surface area contributed by atoms with E-state index in [1.165, 1.54) is 6.07 Å². The lowest BCUT2D eigenvalue weighted by Gasteiger charge is -2.11. The number of anilines is 1. The van der Waals surface area contributed by atoms with Gasteiger partial charge >= 0.3 is 0 Å². The highest BCUT2D eigenvalue weighted by molar-refractivity contribution is 5.56. The van der Waals surface area contributed by atoms with E-state index in [0.29, 0.717) is 23.7 Å². The average Bonchev–Trinajstić information content (AvgIpc) is 2.37. The van der Waals surface area contributed by atoms with E-state index < -0.39 is 0 Å². The fraction of sp³-hybridized carbons (Fsp3) is 0.200. The third-order valence-corrected chi connectivity index (χ3v) is 2.64. The Morgan fingerprint density at radius 2 is 1.89 bits per heavy atom. The van der Waals surface area contributed by atoms with E-state index in [9.17, 15) is 4.39 Å². The SMILES string of the molecule is CCOc1cccc(Oc2cc(C)c(F)cc2N)c1. The van der Waals surface area contributed by atoms with Crippen LogP contribution in [-0.4, -0.2) is 6.61 Å². The molecule has 0 fully saturated rings. The molecule has 0 radical (unpaired) electrons. The highest BCUT2D eigenvalue weighted by Crippen LogP contribution is 2.31. The van der Waals surface area contributed by atoms with Gasteiger partial charge in [0.2, 0.25) is 0 Å². The van der Waals surface area contributed by atoms with Gasteiger partial charge in [0.25, 0.3) is 0 Å². The summed E-state index contributed by atoms with van der Waals surface area (Å²) < 4.78 is 24.4. The number of ether oxygens (including phenoxy) is 2. The summed E-state index contributed by atoms with van der Waals surface area (Å²) in [4.78, 5) is 0. The normalized spacial score (nSPS) is 10.3. The van der Waals surface area contributed by atoms with Crippen LogP contribution in [0.25, 0.3) is 0 Å². The highest BCUT2D eigenvalue weighted by Gasteiger charge is 2.07. The van der Waals surface area contributed by atoms with Crippen molar-refractivity contribution >= 4 is 5.69 Å². The minimum atomic E-state index is -0.340. The molecule has 100 valence electrons. The molecule has 2 rings (SSSR count). The van der Waals surface area contributed by atoms with Crippen molar-refractivity contribution in [2.24, 2.45) is 0 Å². The summed E-state index contributed by atoms with van der Waals surface area (Å²) in [5.74, 6) is 1.42. The Balaban J connectivity index is 2.25. The molecule has 4 heteroatoms. The first kappa shape index (κ1) is 13.2. The fourth-order valence-corrected chi connectivity index (χ4v) is 1.68. The van der Waals surface area contributed by atoms with Crippen molar-refractivity contribution in [3.63, 3.8) is 0 Å². The van der Waals surface area contributed by atoms with Gasteiger partial charge in [0.1, 0.15) is 17.3 Å². The minimum absolute atomic E-state index is 0.268. The second-order valence-corrected chi connectivity index (χ2v) is 4.15. The van der Waals surface area contributed by atoms with Crippen LogP contribution in [0, 0.1) is 12.7 Å². The van der Waals surface area contributed by atoms with Gasteiger partial charge in [-0.1, -0.05) is 6.07 Å². The predicted octanol–water partition coefficient (Wildman–Crippen LogP) is 3.91. The van der Waals surface area contributed by atoms with Gasteiger partial charge in [-0.25, -0.2) is 4.39 Å². The molecule has 2 N–H and O–H groups in total. The van der Waals surface area contributed by atoms with E-state index in [1.807, 2.05) is 19.1 Å². The standard InChI is InChI=1S/C15H16FNO2/c1-3-18-11-5-4-6-12(8-11)19-15-7-10(2)13(16)9-14(15)17/h4-9H,3,17H2,1-2H3. The molecule has 19 heavy (non-hydrogen) atoms. The van der Waals surface area contributed by atoms with Gasteiger partial charge in [-0.05, 0) is 37.6 Å². The predicted molar refractivity (Wildman–Crippen MR) is 73.2 cm³/mol. The lowest BCUT2D eigenvalue weighted by Crippen LogP contribution is -1.96. The number of benzene rings is 2. The van der Waals surface area contributed by atoms with E-state index in [1.54, 1.807) is 25.1 Å². The summed E-state index contributed by atoms with van der Waals surface area (Å²) in [7, 11) is 0. The van der Waals surface area contributed by atoms with E-state index in [2.05, 4.69) is 0 Å². The molecule has 0 atom stereocenters. The zero-order chi connectivity index (χ0) is 13.8. The van der Waals surface area contributed by atoms with Gasteiger partial charge in [0.15, 0.2) is 5.75 Å². The van der Waals surface area contributed by atoms with E-state index >= 15 is 0 Å². The molecule has 2 aromatic rings. The maximum atomic E-state index is 13.3. The van der Waals surface area contributed by atoms with Crippen LogP contribution in [0.15, 0.2) is 36.4 Å². The Labute approximate surface area is 111 Å². The molecule has 0 aliphatic carbocycles. The van der Waals surface area contributed by atoms with Crippen LogP contribution >= 0.6 is 0 Å². The molecule has 0 aromatic heterocycles. The first-order chi connectivity index (χ1) is 9.10. The van der Waals surface area contributed by atoms with Gasteiger partial charge < -0.3 is 15.2 Å². The number of rotatable bonds is 4. The van der Waals surface area contributed by atoms with Crippen LogP contribution in [0.2, 0.25) is 0 Å². The largest absolute Gasteiger partial charge is 0.494 e. The summed E-state index contributed by atoms with van der Waals surface area (Å²) in [5.41, 5.74) is 6.50. The lowest BCUT2D eigenvalue weighted by atomic mass is 10.2. The Morgan fingerprint density at radius 1 is 1.16 bits per heavy atom. The van der Waals surface area contributed by atoms with Gasteiger partial charge in [-0.15, -0.1) is 0 Å². The van der Waals surface area contributed by atoms with Crippen molar-refractivity contribution < 1.29 is 13.9 Å². The van der Waals surface area contributed by atoms with Crippen LogP contribution in [0.5, 0.6) is 17.2 Å². The maximum Gasteiger partial charge on any atom is 0.150 e. The van der Waals surface area contributed by atoms with E-state index in [4.69, 9.17) is 15.2 Å². The molecule has 0 amide bonds. The van der Waals surface area contributed by atoms with Crippen LogP contribution in [-0.2, 0) is 0 Å². The molecule has 0 saturated heterocycles. The van der Waals surface area contributed by atoms with E-state index in [0.717, 1.165) is 5.75 Å². The molecular formula is C15H16FNO2. The number of halogens is 1. The summed E-state index contributed by atoms with van der Waals surface area (Å²) in [6.07, 6.45) is 0. The number of hydrogen-bond donors (Lipinski definition) is 1. The first-order valence-electron chi connectivity index (χ1n) is 6.06. The van der Waals surface area contributed by atoms with Crippen molar-refractivity contribution in [3.8, 4) is 17.2 Å². The lowest BCUT2D eigenvalue weighted by molar-refractivity contribution is 0.338. The Kier molecular flexibility index (Phi) is 3.90. The van der Waals surface area contributed by atoms with Crippen LogP contribution < -0.4 is 15.2 Å². The van der Waals surface area contributed by atoms with Crippen molar-refractivity contribution in [1.29, 1.82) is 0 Å². The molecule has 2 aromatic carbocycles. The Hall–Kier alpha value is -2.23. The molecule has 0 unspecified atom stereocenters. The molecule has 0 aliphatic heterocycles. The Morgan fingerprint density at radius 3 is 2.63 bits per heavy atom. The van der Waals surface area contributed by atoms with Crippen LogP contribution in [0.3, 0.4) is 0 Å². The number of hydrogen-bond acceptors (Lipinski definition) is 3. The average molecular weight is 261 g/mol. The molecule has 0 aliphatic rings. The molecule has 0 spiro atoms. The molecule has 0 heterocycles. The minimum Gasteiger partial charge on any atom is -0.494 e. The van der Waals surface area contributed by atoms with Crippen molar-refractivity contribution in [2.45, 2.75) is 13.8 Å². The third kappa shape index (κ3) is 3.16. The first-order valence-corrected chi connectivity index (χ1v) is 6.06. The van der Waals surface area contributed by atoms with Gasteiger partial charge in [-0.3, -0.25) is 0 Å². The van der Waals surface area contributed by atoms with Gasteiger partial charge in [0.05, 0.1) is 12.3 Å². The molecule has 0 bridgehead atoms. The summed E-state index contributed by atoms with van der Waals surface area (Å²) in [5, 5.41) is 0. The van der Waals surface area contributed by atoms with Gasteiger partial charge in [-0.2, -0.15) is 0 Å². The van der Waals surface area contributed by atoms with Gasteiger partial charge in [0, 0.05) is 12.1 Å². The zero-order valence-electron chi connectivity index (χ0n) is 10.9. The fourth-order valence-electron chi connectivity index (χ4n) is 1.68. The maximum absolute atomic E-state index is 13.3. The third-order valence-electron chi connectivity index (χ3n) is 2.64. The smallest absolute Gasteiger partial charge is 0.150 e. The monoisotopic (exact) mass is 261 g/mol. The Bertz CT molecular complexity index is 584. The quantitative estimate of drug-likeness (QED) is 0.849. The van der Waals surface area contributed by atoms with Crippen molar-refractivity contribution in [3.05, 3.63) is 47.8 Å². The number of nitrogens with two attached hydrogens (primary N) is 1. The van der Waals surface area contributed by atoms with Crippen molar-refractivity contribution in [1.82, 2.24) is 0 Å². The summed E-state index contributed by atoms with van der Waals surface area (Å²) in [6.45, 7) is 4.16. The molecule has 0 saturated carbocycles. The zero-order valence-corrected chi connectivity index (χ0v) is 10.9. The molecule has 3 nitrogen and oxygen atoms in total. The number of aryl methyl sites for hydroxylation is 1. The van der Waals surface area contributed by atoms with Crippen LogP contribution in [0.4, 0.5) is 10.1 Å². The second-order valence-electron chi connectivity index (χ2n) is 4.15. The summed E-state index contributed by atoms with van der Waals surface area (Å²) >= 11 is 0. The van der Waals surface area contributed by atoms with E-state index in [-0.39, 0.29) is 11.5 Å². The second kappa shape index (κ2) is 5.61. The van der Waals surface area contributed by atoms with Crippen LogP contribution in [0.1, 0.15) is 12.5 Å².